The average Bonchev–Trinajstić information content (AvgIpc) is 3.36. The molecule has 4 heterocycles. The van der Waals surface area contributed by atoms with Gasteiger partial charge in [-0.25, -0.2) is 0 Å². The van der Waals surface area contributed by atoms with Gasteiger partial charge in [0.25, 0.3) is 11.8 Å². The van der Waals surface area contributed by atoms with Crippen LogP contribution in [0.5, 0.6) is 0 Å². The number of ether oxygens (including phenoxy) is 1. The van der Waals surface area contributed by atoms with Crippen LogP contribution in [0.25, 0.3) is 0 Å². The lowest BCUT2D eigenvalue weighted by Crippen LogP contribution is -2.47. The number of carbonyl (C=O) groups is 2. The molecule has 1 aromatic heterocycles. The lowest BCUT2D eigenvalue weighted by Gasteiger charge is -2.39. The van der Waals surface area contributed by atoms with E-state index in [-0.39, 0.29) is 23.5 Å². The van der Waals surface area contributed by atoms with Gasteiger partial charge < -0.3 is 14.5 Å². The molecule has 1 atom stereocenters. The van der Waals surface area contributed by atoms with Gasteiger partial charge in [-0.3, -0.25) is 9.59 Å². The largest absolute Gasteiger partial charge is 0.362 e. The number of piperidine rings is 1. The van der Waals surface area contributed by atoms with E-state index in [0.29, 0.717) is 0 Å². The quantitative estimate of drug-likeness (QED) is 0.825. The molecular formula is C18H24N2O3S. The molecule has 4 rings (SSSR count). The Labute approximate surface area is 146 Å². The van der Waals surface area contributed by atoms with Crippen molar-refractivity contribution in [2.24, 2.45) is 0 Å². The second kappa shape index (κ2) is 6.48. The smallest absolute Gasteiger partial charge is 0.254 e. The van der Waals surface area contributed by atoms with Gasteiger partial charge in [-0.15, -0.1) is 0 Å². The predicted octanol–water partition coefficient (Wildman–Crippen LogP) is 2.52. The van der Waals surface area contributed by atoms with E-state index >= 15 is 0 Å². The number of thiophene rings is 1. The summed E-state index contributed by atoms with van der Waals surface area (Å²) in [4.78, 5) is 28.9. The van der Waals surface area contributed by atoms with Gasteiger partial charge >= 0.3 is 0 Å². The van der Waals surface area contributed by atoms with E-state index in [0.717, 1.165) is 70.3 Å². The zero-order chi connectivity index (χ0) is 16.6. The highest BCUT2D eigenvalue weighted by molar-refractivity contribution is 7.08. The lowest BCUT2D eigenvalue weighted by molar-refractivity contribution is -0.149. The maximum atomic E-state index is 12.5. The molecule has 3 saturated heterocycles. The first-order valence-electron chi connectivity index (χ1n) is 8.95. The Kier molecular flexibility index (Phi) is 4.35. The number of rotatable bonds is 2. The van der Waals surface area contributed by atoms with Gasteiger partial charge in [0, 0.05) is 31.6 Å². The number of hydrogen-bond donors (Lipinski definition) is 0. The Morgan fingerprint density at radius 2 is 1.83 bits per heavy atom. The summed E-state index contributed by atoms with van der Waals surface area (Å²) in [6.45, 7) is 3.21. The fourth-order valence-electron chi connectivity index (χ4n) is 4.18. The van der Waals surface area contributed by atoms with Crippen LogP contribution in [0.2, 0.25) is 0 Å². The highest BCUT2D eigenvalue weighted by atomic mass is 32.1. The molecular weight excluding hydrogens is 324 g/mol. The van der Waals surface area contributed by atoms with E-state index in [1.807, 2.05) is 26.6 Å². The van der Waals surface area contributed by atoms with Crippen LogP contribution in [0.3, 0.4) is 0 Å². The summed E-state index contributed by atoms with van der Waals surface area (Å²) in [6, 6.07) is 1.88. The first kappa shape index (κ1) is 16.1. The molecule has 3 aliphatic heterocycles. The third-order valence-electron chi connectivity index (χ3n) is 5.68. The van der Waals surface area contributed by atoms with Gasteiger partial charge in [-0.2, -0.15) is 11.3 Å². The molecule has 0 aromatic carbocycles. The molecule has 24 heavy (non-hydrogen) atoms. The van der Waals surface area contributed by atoms with E-state index in [4.69, 9.17) is 4.74 Å². The van der Waals surface area contributed by atoms with Crippen molar-refractivity contribution in [1.82, 2.24) is 9.80 Å². The second-order valence-corrected chi connectivity index (χ2v) is 7.94. The van der Waals surface area contributed by atoms with Gasteiger partial charge in [0.05, 0.1) is 11.2 Å². The van der Waals surface area contributed by atoms with Crippen LogP contribution in [0.4, 0.5) is 0 Å². The minimum absolute atomic E-state index is 0.119. The minimum Gasteiger partial charge on any atom is -0.362 e. The molecule has 0 aliphatic carbocycles. The van der Waals surface area contributed by atoms with E-state index in [9.17, 15) is 9.59 Å². The van der Waals surface area contributed by atoms with Crippen molar-refractivity contribution in [3.8, 4) is 0 Å². The van der Waals surface area contributed by atoms with Gasteiger partial charge in [-0.1, -0.05) is 0 Å². The van der Waals surface area contributed by atoms with Crippen molar-refractivity contribution >= 4 is 23.2 Å². The Balaban J connectivity index is 1.34. The third kappa shape index (κ3) is 2.97. The van der Waals surface area contributed by atoms with Crippen molar-refractivity contribution in [3.63, 3.8) is 0 Å². The molecule has 130 valence electrons. The third-order valence-corrected chi connectivity index (χ3v) is 6.36. The monoisotopic (exact) mass is 348 g/mol. The maximum absolute atomic E-state index is 12.5. The molecule has 0 N–H and O–H groups in total. The zero-order valence-corrected chi connectivity index (χ0v) is 14.7. The van der Waals surface area contributed by atoms with Gasteiger partial charge in [0.15, 0.2) is 0 Å². The Morgan fingerprint density at radius 1 is 1.08 bits per heavy atom. The van der Waals surface area contributed by atoms with Gasteiger partial charge in [-0.05, 0) is 50.0 Å². The van der Waals surface area contributed by atoms with Gasteiger partial charge in [0.2, 0.25) is 0 Å². The highest BCUT2D eigenvalue weighted by Crippen LogP contribution is 2.40. The summed E-state index contributed by atoms with van der Waals surface area (Å²) in [5.74, 6) is 0.301. The van der Waals surface area contributed by atoms with E-state index < -0.39 is 0 Å². The fourth-order valence-corrected chi connectivity index (χ4v) is 4.81. The summed E-state index contributed by atoms with van der Waals surface area (Å²) in [5.41, 5.74) is 0.594. The normalized spacial score (nSPS) is 26.2. The van der Waals surface area contributed by atoms with E-state index in [1.165, 1.54) is 0 Å². The van der Waals surface area contributed by atoms with E-state index in [1.54, 1.807) is 11.3 Å². The Morgan fingerprint density at radius 3 is 2.50 bits per heavy atom. The Hall–Kier alpha value is -1.40. The lowest BCUT2D eigenvalue weighted by atomic mass is 9.88. The summed E-state index contributed by atoms with van der Waals surface area (Å²) in [5, 5.41) is 3.84. The van der Waals surface area contributed by atoms with Crippen molar-refractivity contribution in [3.05, 3.63) is 22.4 Å². The summed E-state index contributed by atoms with van der Waals surface area (Å²) >= 11 is 1.55. The number of nitrogens with zero attached hydrogens (tertiary/aromatic N) is 2. The number of amides is 2. The molecule has 0 radical (unpaired) electrons. The molecule has 3 aliphatic rings. The maximum Gasteiger partial charge on any atom is 0.254 e. The van der Waals surface area contributed by atoms with Crippen LogP contribution in [-0.4, -0.2) is 59.5 Å². The van der Waals surface area contributed by atoms with Crippen molar-refractivity contribution in [2.45, 2.75) is 50.2 Å². The van der Waals surface area contributed by atoms with E-state index in [2.05, 4.69) is 0 Å². The minimum atomic E-state index is -0.262. The second-order valence-electron chi connectivity index (χ2n) is 7.16. The summed E-state index contributed by atoms with van der Waals surface area (Å²) in [7, 11) is 0. The van der Waals surface area contributed by atoms with Crippen molar-refractivity contribution in [1.29, 1.82) is 0 Å². The van der Waals surface area contributed by atoms with Crippen LogP contribution in [0.15, 0.2) is 16.8 Å². The molecule has 5 nitrogen and oxygen atoms in total. The first-order valence-corrected chi connectivity index (χ1v) is 9.89. The highest BCUT2D eigenvalue weighted by Gasteiger charge is 2.46. The SMILES string of the molecule is O=C(c1ccsc1)N1CCC2(CC[C@H](C(=O)N3CCCC3)O2)CC1. The van der Waals surface area contributed by atoms with Crippen LogP contribution in [-0.2, 0) is 9.53 Å². The van der Waals surface area contributed by atoms with Crippen molar-refractivity contribution in [2.75, 3.05) is 26.2 Å². The molecule has 1 spiro atoms. The molecule has 0 saturated carbocycles. The molecule has 3 fully saturated rings. The zero-order valence-electron chi connectivity index (χ0n) is 13.9. The molecule has 0 unspecified atom stereocenters. The standard InChI is InChI=1S/C18H24N2O3S/c21-16(14-4-12-24-13-14)20-10-6-18(7-11-20)5-3-15(23-18)17(22)19-8-1-2-9-19/h4,12-13,15H,1-3,5-11H2/t15-/m1/s1. The molecule has 2 amide bonds. The predicted molar refractivity (Wildman–Crippen MR) is 92.1 cm³/mol. The number of carbonyl (C=O) groups excluding carboxylic acids is 2. The fraction of sp³-hybridized carbons (Fsp3) is 0.667. The topological polar surface area (TPSA) is 49.9 Å². The number of hydrogen-bond acceptors (Lipinski definition) is 4. The Bertz CT molecular complexity index is 602. The average molecular weight is 348 g/mol. The summed E-state index contributed by atoms with van der Waals surface area (Å²) < 4.78 is 6.26. The summed E-state index contributed by atoms with van der Waals surface area (Å²) in [6.07, 6.45) is 5.42. The van der Waals surface area contributed by atoms with Crippen LogP contribution < -0.4 is 0 Å². The molecule has 0 bridgehead atoms. The molecule has 6 heteroatoms. The number of likely N-dealkylation sites (tertiary alicyclic amines) is 2. The first-order chi connectivity index (χ1) is 11.7. The van der Waals surface area contributed by atoms with Crippen molar-refractivity contribution < 1.29 is 14.3 Å². The van der Waals surface area contributed by atoms with Crippen LogP contribution >= 0.6 is 11.3 Å². The van der Waals surface area contributed by atoms with Gasteiger partial charge in [0.1, 0.15) is 6.10 Å². The van der Waals surface area contributed by atoms with Crippen LogP contribution in [0.1, 0.15) is 48.9 Å². The van der Waals surface area contributed by atoms with Crippen LogP contribution in [0, 0.1) is 0 Å². The molecule has 1 aromatic rings.